The van der Waals surface area contributed by atoms with Crippen molar-refractivity contribution < 1.29 is 0 Å². The molecule has 1 aliphatic carbocycles. The highest BCUT2D eigenvalue weighted by Gasteiger charge is 2.22. The summed E-state index contributed by atoms with van der Waals surface area (Å²) in [7, 11) is 1.57. The number of hydrogen-bond donors (Lipinski definition) is 4. The van der Waals surface area contributed by atoms with Crippen molar-refractivity contribution in [2.45, 2.75) is 0 Å². The van der Waals surface area contributed by atoms with Gasteiger partial charge < -0.3 is 22.9 Å². The molecule has 13 heavy (non-hydrogen) atoms. The summed E-state index contributed by atoms with van der Waals surface area (Å²) in [6, 6.07) is 0. The Bertz CT molecular complexity index is 329. The van der Waals surface area contributed by atoms with Crippen molar-refractivity contribution in [1.29, 1.82) is 0 Å². The monoisotopic (exact) mass is 179 g/mol. The van der Waals surface area contributed by atoms with E-state index in [1.54, 1.807) is 7.05 Å². The van der Waals surface area contributed by atoms with Crippen LogP contribution in [0.1, 0.15) is 0 Å². The first-order valence-electron chi connectivity index (χ1n) is 3.68. The van der Waals surface area contributed by atoms with Crippen molar-refractivity contribution in [2.24, 2.45) is 27.9 Å². The van der Waals surface area contributed by atoms with E-state index < -0.39 is 0 Å². The van der Waals surface area contributed by atoms with Gasteiger partial charge in [-0.25, -0.2) is 0 Å². The van der Waals surface area contributed by atoms with Gasteiger partial charge in [-0.05, 0) is 0 Å². The van der Waals surface area contributed by atoms with Crippen LogP contribution in [0, 0.1) is 0 Å². The highest BCUT2D eigenvalue weighted by atomic mass is 14.9. The summed E-state index contributed by atoms with van der Waals surface area (Å²) >= 11 is 0. The zero-order valence-electron chi connectivity index (χ0n) is 7.46. The van der Waals surface area contributed by atoms with E-state index in [-0.39, 0.29) is 0 Å². The fraction of sp³-hybridized carbons (Fsp3) is 0.125. The lowest BCUT2D eigenvalue weighted by molar-refractivity contribution is 1.13. The van der Waals surface area contributed by atoms with Gasteiger partial charge in [0.2, 0.25) is 0 Å². The number of aliphatic imine (C=N–C) groups is 1. The van der Waals surface area contributed by atoms with Crippen molar-refractivity contribution in [1.82, 2.24) is 0 Å². The van der Waals surface area contributed by atoms with Crippen LogP contribution in [-0.4, -0.2) is 12.8 Å². The maximum absolute atomic E-state index is 5.67. The average Bonchev–Trinajstić information content (AvgIpc) is 2.13. The molecule has 0 aliphatic heterocycles. The molecule has 0 aromatic heterocycles. The molecule has 0 heterocycles. The SMILES string of the molecule is C=C1C(N)=C(N)C(=NC)C(N)=C1N. The summed E-state index contributed by atoms with van der Waals surface area (Å²) in [4.78, 5) is 3.89. The summed E-state index contributed by atoms with van der Waals surface area (Å²) in [6.07, 6.45) is 0. The minimum Gasteiger partial charge on any atom is -0.396 e. The van der Waals surface area contributed by atoms with Crippen LogP contribution in [0.5, 0.6) is 0 Å². The molecular formula is C8H13N5. The van der Waals surface area contributed by atoms with Gasteiger partial charge >= 0.3 is 0 Å². The molecule has 70 valence electrons. The van der Waals surface area contributed by atoms with Crippen LogP contribution in [0.15, 0.2) is 39.9 Å². The first-order valence-corrected chi connectivity index (χ1v) is 3.68. The van der Waals surface area contributed by atoms with Crippen molar-refractivity contribution in [2.75, 3.05) is 7.05 Å². The van der Waals surface area contributed by atoms with E-state index in [1.807, 2.05) is 0 Å². The maximum atomic E-state index is 5.67. The van der Waals surface area contributed by atoms with E-state index in [2.05, 4.69) is 11.6 Å². The van der Waals surface area contributed by atoms with E-state index in [1.165, 1.54) is 0 Å². The van der Waals surface area contributed by atoms with Gasteiger partial charge in [0.25, 0.3) is 0 Å². The number of hydrogen-bond acceptors (Lipinski definition) is 5. The van der Waals surface area contributed by atoms with Crippen LogP contribution in [0.2, 0.25) is 0 Å². The molecule has 0 radical (unpaired) electrons. The van der Waals surface area contributed by atoms with Crippen molar-refractivity contribution in [3.63, 3.8) is 0 Å². The topological polar surface area (TPSA) is 116 Å². The molecule has 1 aliphatic rings. The third kappa shape index (κ3) is 1.14. The molecule has 0 bridgehead atoms. The Morgan fingerprint density at radius 1 is 0.923 bits per heavy atom. The fourth-order valence-electron chi connectivity index (χ4n) is 1.11. The van der Waals surface area contributed by atoms with E-state index in [9.17, 15) is 0 Å². The predicted molar refractivity (Wildman–Crippen MR) is 53.3 cm³/mol. The zero-order chi connectivity index (χ0) is 10.2. The summed E-state index contributed by atoms with van der Waals surface area (Å²) in [6.45, 7) is 3.67. The highest BCUT2D eigenvalue weighted by molar-refractivity contribution is 6.14. The minimum atomic E-state index is 0.333. The molecule has 0 fully saturated rings. The number of rotatable bonds is 0. The Labute approximate surface area is 76.5 Å². The number of nitrogens with two attached hydrogens (primary N) is 4. The van der Waals surface area contributed by atoms with Crippen LogP contribution in [0.25, 0.3) is 0 Å². The lowest BCUT2D eigenvalue weighted by Crippen LogP contribution is -2.32. The van der Waals surface area contributed by atoms with Crippen LogP contribution in [-0.2, 0) is 0 Å². The second-order valence-electron chi connectivity index (χ2n) is 2.71. The molecule has 0 unspecified atom stereocenters. The Hall–Kier alpha value is -1.91. The summed E-state index contributed by atoms with van der Waals surface area (Å²) in [5.74, 6) is 0. The molecule has 0 amide bonds. The van der Waals surface area contributed by atoms with E-state index in [4.69, 9.17) is 22.9 Å². The third-order valence-electron chi connectivity index (χ3n) is 1.96. The first kappa shape index (κ1) is 9.18. The standard InChI is InChI=1S/C8H13N5/c1-3-4(9)6(11)8(13-2)7(12)5(3)10/h1,9-12H2,2H3. The van der Waals surface area contributed by atoms with Gasteiger partial charge in [-0.15, -0.1) is 0 Å². The first-order chi connectivity index (χ1) is 6.00. The largest absolute Gasteiger partial charge is 0.396 e. The average molecular weight is 179 g/mol. The Balaban J connectivity index is 3.38. The zero-order valence-corrected chi connectivity index (χ0v) is 7.46. The highest BCUT2D eigenvalue weighted by Crippen LogP contribution is 2.20. The molecule has 0 saturated heterocycles. The Morgan fingerprint density at radius 2 is 1.31 bits per heavy atom. The molecule has 5 nitrogen and oxygen atoms in total. The van der Waals surface area contributed by atoms with Crippen LogP contribution < -0.4 is 22.9 Å². The van der Waals surface area contributed by atoms with Gasteiger partial charge in [-0.1, -0.05) is 6.58 Å². The molecule has 1 rings (SSSR count). The molecule has 0 aromatic carbocycles. The Morgan fingerprint density at radius 3 is 1.62 bits per heavy atom. The predicted octanol–water partition coefficient (Wildman–Crippen LogP) is -1.11. The van der Waals surface area contributed by atoms with Gasteiger partial charge in [0.15, 0.2) is 0 Å². The van der Waals surface area contributed by atoms with Crippen molar-refractivity contribution >= 4 is 5.71 Å². The minimum absolute atomic E-state index is 0.333. The lowest BCUT2D eigenvalue weighted by Gasteiger charge is -2.20. The van der Waals surface area contributed by atoms with Gasteiger partial charge in [0.05, 0.1) is 22.8 Å². The molecule has 5 heteroatoms. The lowest BCUT2D eigenvalue weighted by atomic mass is 9.97. The number of nitrogens with zero attached hydrogens (tertiary/aromatic N) is 1. The van der Waals surface area contributed by atoms with Gasteiger partial charge in [-0.3, -0.25) is 4.99 Å². The molecule has 0 aromatic rings. The fourth-order valence-corrected chi connectivity index (χ4v) is 1.11. The van der Waals surface area contributed by atoms with E-state index in [0.717, 1.165) is 0 Å². The van der Waals surface area contributed by atoms with E-state index >= 15 is 0 Å². The summed E-state index contributed by atoms with van der Waals surface area (Å²) < 4.78 is 0. The van der Waals surface area contributed by atoms with Gasteiger partial charge in [-0.2, -0.15) is 0 Å². The normalized spacial score (nSPS) is 18.2. The Kier molecular flexibility index (Phi) is 2.02. The quantitative estimate of drug-likeness (QED) is 0.377. The maximum Gasteiger partial charge on any atom is 0.107 e. The molecule has 0 atom stereocenters. The van der Waals surface area contributed by atoms with Crippen molar-refractivity contribution in [3.05, 3.63) is 34.9 Å². The van der Waals surface area contributed by atoms with Crippen LogP contribution in [0.3, 0.4) is 0 Å². The summed E-state index contributed by atoms with van der Waals surface area (Å²) in [5, 5.41) is 0. The molecule has 0 spiro atoms. The second-order valence-corrected chi connectivity index (χ2v) is 2.71. The summed E-state index contributed by atoms with van der Waals surface area (Å²) in [5.41, 5.74) is 24.9. The van der Waals surface area contributed by atoms with Crippen LogP contribution >= 0.6 is 0 Å². The van der Waals surface area contributed by atoms with Gasteiger partial charge in [0, 0.05) is 12.6 Å². The van der Waals surface area contributed by atoms with Crippen molar-refractivity contribution in [3.8, 4) is 0 Å². The van der Waals surface area contributed by atoms with E-state index in [0.29, 0.717) is 34.1 Å². The second kappa shape index (κ2) is 2.85. The van der Waals surface area contributed by atoms with Crippen LogP contribution in [0.4, 0.5) is 0 Å². The molecular weight excluding hydrogens is 166 g/mol. The molecule has 0 saturated carbocycles. The van der Waals surface area contributed by atoms with Gasteiger partial charge in [0.1, 0.15) is 5.71 Å². The smallest absolute Gasteiger partial charge is 0.107 e. The third-order valence-corrected chi connectivity index (χ3v) is 1.96. The molecule has 8 N–H and O–H groups in total.